The van der Waals surface area contributed by atoms with E-state index >= 15 is 0 Å². The number of benzene rings is 3. The summed E-state index contributed by atoms with van der Waals surface area (Å²) in [5, 5.41) is 9.34. The molecule has 0 amide bonds. The van der Waals surface area contributed by atoms with Gasteiger partial charge in [0.25, 0.3) is 5.69 Å². The lowest BCUT2D eigenvalue weighted by molar-refractivity contribution is -0.384. The van der Waals surface area contributed by atoms with E-state index in [2.05, 4.69) is 0 Å². The minimum Gasteiger partial charge on any atom is -0.294 e. The van der Waals surface area contributed by atoms with E-state index in [1.165, 1.54) is 42.5 Å². The first-order valence-corrected chi connectivity index (χ1v) is 10.9. The molecular formula is C23H19NO6S. The molecule has 8 heteroatoms. The molecule has 158 valence electrons. The quantitative estimate of drug-likeness (QED) is 0.297. The van der Waals surface area contributed by atoms with Gasteiger partial charge in [-0.25, -0.2) is 8.42 Å². The minimum absolute atomic E-state index is 0.0285. The molecule has 3 aromatic rings. The van der Waals surface area contributed by atoms with Gasteiger partial charge in [-0.1, -0.05) is 60.2 Å². The van der Waals surface area contributed by atoms with Crippen LogP contribution in [0.15, 0.2) is 83.8 Å². The summed E-state index contributed by atoms with van der Waals surface area (Å²) in [4.78, 5) is 36.3. The summed E-state index contributed by atoms with van der Waals surface area (Å²) >= 11 is 0. The fourth-order valence-electron chi connectivity index (χ4n) is 3.10. The molecule has 1 atom stereocenters. The lowest BCUT2D eigenvalue weighted by Crippen LogP contribution is -2.33. The number of hydrogen-bond donors (Lipinski definition) is 0. The Morgan fingerprint density at radius 2 is 1.52 bits per heavy atom. The number of hydrogen-bond acceptors (Lipinski definition) is 6. The van der Waals surface area contributed by atoms with E-state index in [1.54, 1.807) is 37.3 Å². The first kappa shape index (κ1) is 22.0. The van der Waals surface area contributed by atoms with Crippen molar-refractivity contribution in [2.45, 2.75) is 23.5 Å². The highest BCUT2D eigenvalue weighted by atomic mass is 32.2. The second-order valence-electron chi connectivity index (χ2n) is 7.01. The summed E-state index contributed by atoms with van der Waals surface area (Å²) in [6.07, 6.45) is -0.634. The number of nitro groups is 1. The van der Waals surface area contributed by atoms with E-state index in [9.17, 15) is 28.1 Å². The number of rotatable bonds is 8. The van der Waals surface area contributed by atoms with Gasteiger partial charge in [0, 0.05) is 29.7 Å². The lowest BCUT2D eigenvalue weighted by Gasteiger charge is -2.17. The summed E-state index contributed by atoms with van der Waals surface area (Å²) in [7, 11) is -4.20. The van der Waals surface area contributed by atoms with Gasteiger partial charge in [-0.05, 0) is 19.1 Å². The van der Waals surface area contributed by atoms with Crippen LogP contribution in [-0.2, 0) is 9.84 Å². The molecule has 0 fully saturated rings. The molecule has 0 aliphatic heterocycles. The van der Waals surface area contributed by atoms with Crippen LogP contribution in [0.3, 0.4) is 0 Å². The van der Waals surface area contributed by atoms with Crippen molar-refractivity contribution >= 4 is 27.1 Å². The highest BCUT2D eigenvalue weighted by Crippen LogP contribution is 2.25. The number of nitro benzene ring substituents is 1. The standard InChI is InChI=1S/C23H19NO6S/c1-16-10-12-20(13-11-16)31(29,30)22(23(26)17-6-3-2-4-7-17)15-21(25)18-8-5-9-19(14-18)24(27)28/h2-14,22H,15H2,1H3/t22-/m1/s1. The predicted molar refractivity (Wildman–Crippen MR) is 115 cm³/mol. The average Bonchev–Trinajstić information content (AvgIpc) is 2.77. The molecule has 0 heterocycles. The first-order chi connectivity index (χ1) is 14.7. The zero-order valence-electron chi connectivity index (χ0n) is 16.6. The van der Waals surface area contributed by atoms with Gasteiger partial charge in [0.1, 0.15) is 5.25 Å². The molecule has 0 saturated heterocycles. The number of Topliss-reactive ketones (excluding diaryl/α,β-unsaturated/α-hetero) is 2. The SMILES string of the molecule is Cc1ccc(S(=O)(=O)[C@H](CC(=O)c2cccc([N+](=O)[O-])c2)C(=O)c2ccccc2)cc1. The van der Waals surface area contributed by atoms with Crippen molar-refractivity contribution in [3.05, 3.63) is 106 Å². The van der Waals surface area contributed by atoms with E-state index in [0.29, 0.717) is 0 Å². The summed E-state index contributed by atoms with van der Waals surface area (Å²) in [5.41, 5.74) is 0.685. The molecule has 0 bridgehead atoms. The second-order valence-corrected chi connectivity index (χ2v) is 9.14. The van der Waals surface area contributed by atoms with Crippen LogP contribution < -0.4 is 0 Å². The van der Waals surface area contributed by atoms with E-state index in [-0.39, 0.29) is 21.7 Å². The summed E-state index contributed by atoms with van der Waals surface area (Å²) < 4.78 is 26.6. The monoisotopic (exact) mass is 437 g/mol. The van der Waals surface area contributed by atoms with Crippen molar-refractivity contribution < 1.29 is 22.9 Å². The number of carbonyl (C=O) groups is 2. The summed E-state index contributed by atoms with van der Waals surface area (Å²) in [5.74, 6) is -1.38. The van der Waals surface area contributed by atoms with Gasteiger partial charge in [0.05, 0.1) is 9.82 Å². The van der Waals surface area contributed by atoms with Crippen molar-refractivity contribution in [3.63, 3.8) is 0 Å². The van der Waals surface area contributed by atoms with E-state index in [0.717, 1.165) is 11.6 Å². The van der Waals surface area contributed by atoms with Crippen LogP contribution in [0.5, 0.6) is 0 Å². The van der Waals surface area contributed by atoms with Crippen LogP contribution in [0.2, 0.25) is 0 Å². The minimum atomic E-state index is -4.20. The number of aryl methyl sites for hydroxylation is 1. The third kappa shape index (κ3) is 4.92. The number of ketones is 2. The summed E-state index contributed by atoms with van der Waals surface area (Å²) in [6, 6.07) is 18.9. The van der Waals surface area contributed by atoms with E-state index in [1.807, 2.05) is 0 Å². The molecule has 0 aromatic heterocycles. The fourth-order valence-corrected chi connectivity index (χ4v) is 4.74. The normalized spacial score (nSPS) is 12.2. The van der Waals surface area contributed by atoms with Gasteiger partial charge in [0.2, 0.25) is 0 Å². The van der Waals surface area contributed by atoms with Crippen LogP contribution in [-0.4, -0.2) is 30.2 Å². The van der Waals surface area contributed by atoms with Crippen LogP contribution in [0, 0.1) is 17.0 Å². The predicted octanol–water partition coefficient (Wildman–Crippen LogP) is 4.20. The molecule has 0 aliphatic rings. The molecule has 3 rings (SSSR count). The zero-order chi connectivity index (χ0) is 22.6. The molecule has 0 spiro atoms. The first-order valence-electron chi connectivity index (χ1n) is 9.37. The van der Waals surface area contributed by atoms with Gasteiger partial charge < -0.3 is 0 Å². The Kier molecular flexibility index (Phi) is 6.41. The maximum absolute atomic E-state index is 13.3. The maximum atomic E-state index is 13.3. The van der Waals surface area contributed by atoms with Crippen molar-refractivity contribution in [1.29, 1.82) is 0 Å². The van der Waals surface area contributed by atoms with Gasteiger partial charge in [-0.3, -0.25) is 19.7 Å². The largest absolute Gasteiger partial charge is 0.294 e. The Morgan fingerprint density at radius 3 is 2.13 bits per heavy atom. The second kappa shape index (κ2) is 9.01. The summed E-state index contributed by atoms with van der Waals surface area (Å²) in [6.45, 7) is 1.80. The van der Waals surface area contributed by atoms with Crippen molar-refractivity contribution in [3.8, 4) is 0 Å². The van der Waals surface area contributed by atoms with Crippen molar-refractivity contribution in [2.24, 2.45) is 0 Å². The lowest BCUT2D eigenvalue weighted by atomic mass is 10.0. The van der Waals surface area contributed by atoms with E-state index in [4.69, 9.17) is 0 Å². The Morgan fingerprint density at radius 1 is 0.903 bits per heavy atom. The van der Waals surface area contributed by atoms with Gasteiger partial charge in [-0.2, -0.15) is 0 Å². The van der Waals surface area contributed by atoms with Gasteiger partial charge in [0.15, 0.2) is 21.4 Å². The Labute approximate surface area is 179 Å². The van der Waals surface area contributed by atoms with Gasteiger partial charge in [-0.15, -0.1) is 0 Å². The third-order valence-electron chi connectivity index (χ3n) is 4.82. The average molecular weight is 437 g/mol. The highest BCUT2D eigenvalue weighted by molar-refractivity contribution is 7.92. The molecule has 0 unspecified atom stereocenters. The fraction of sp³-hybridized carbons (Fsp3) is 0.130. The van der Waals surface area contributed by atoms with Crippen LogP contribution in [0.25, 0.3) is 0 Å². The molecule has 3 aromatic carbocycles. The maximum Gasteiger partial charge on any atom is 0.270 e. The Balaban J connectivity index is 2.03. The van der Waals surface area contributed by atoms with Crippen LogP contribution in [0.1, 0.15) is 32.7 Å². The van der Waals surface area contributed by atoms with E-state index < -0.39 is 38.0 Å². The Hall–Kier alpha value is -3.65. The molecule has 0 radical (unpaired) electrons. The smallest absolute Gasteiger partial charge is 0.270 e. The topological polar surface area (TPSA) is 111 Å². The molecule has 0 aliphatic carbocycles. The number of non-ortho nitro benzene ring substituents is 1. The molecule has 7 nitrogen and oxygen atoms in total. The van der Waals surface area contributed by atoms with Gasteiger partial charge >= 0.3 is 0 Å². The number of nitrogens with zero attached hydrogens (tertiary/aromatic N) is 1. The Bertz CT molecular complexity index is 1230. The molecular weight excluding hydrogens is 418 g/mol. The third-order valence-corrected chi connectivity index (χ3v) is 6.88. The molecule has 0 N–H and O–H groups in total. The zero-order valence-corrected chi connectivity index (χ0v) is 17.4. The highest BCUT2D eigenvalue weighted by Gasteiger charge is 2.36. The van der Waals surface area contributed by atoms with Crippen LogP contribution >= 0.6 is 0 Å². The van der Waals surface area contributed by atoms with Crippen LogP contribution in [0.4, 0.5) is 5.69 Å². The number of sulfone groups is 1. The molecule has 0 saturated carbocycles. The number of carbonyl (C=O) groups excluding carboxylic acids is 2. The molecule has 31 heavy (non-hydrogen) atoms. The van der Waals surface area contributed by atoms with Crippen molar-refractivity contribution in [2.75, 3.05) is 0 Å². The van der Waals surface area contributed by atoms with Crippen molar-refractivity contribution in [1.82, 2.24) is 0 Å².